The van der Waals surface area contributed by atoms with Crippen LogP contribution in [0.1, 0.15) is 16.7 Å². The normalized spacial score (nSPS) is 17.0. The van der Waals surface area contributed by atoms with E-state index in [4.69, 9.17) is 18.9 Å². The largest absolute Gasteiger partial charge is 0.493 e. The zero-order valence-electron chi connectivity index (χ0n) is 17.5. The van der Waals surface area contributed by atoms with Crippen molar-refractivity contribution in [3.8, 4) is 17.2 Å². The minimum absolute atomic E-state index is 0.234. The summed E-state index contributed by atoms with van der Waals surface area (Å²) >= 11 is 0. The van der Waals surface area contributed by atoms with Crippen LogP contribution in [-0.2, 0) is 9.53 Å². The number of nitrogens with zero attached hydrogens (tertiary/aromatic N) is 1. The van der Waals surface area contributed by atoms with E-state index in [-0.39, 0.29) is 11.6 Å². The summed E-state index contributed by atoms with van der Waals surface area (Å²) in [5, 5.41) is 0. The van der Waals surface area contributed by atoms with Gasteiger partial charge >= 0.3 is 5.97 Å². The molecular weight excluding hydrogens is 406 g/mol. The molecule has 0 aliphatic carbocycles. The summed E-state index contributed by atoms with van der Waals surface area (Å²) in [5.41, 5.74) is 3.14. The number of allylic oxidation sites excluding steroid dienone is 2. The summed E-state index contributed by atoms with van der Waals surface area (Å²) in [6.07, 6.45) is 1.80. The van der Waals surface area contributed by atoms with Crippen molar-refractivity contribution in [2.75, 3.05) is 14.2 Å². The Morgan fingerprint density at radius 3 is 2.31 bits per heavy atom. The van der Waals surface area contributed by atoms with E-state index in [2.05, 4.69) is 4.99 Å². The molecule has 0 saturated heterocycles. The molecule has 2 aliphatic rings. The number of para-hydroxylation sites is 1. The number of hydrogen-bond donors (Lipinski definition) is 0. The summed E-state index contributed by atoms with van der Waals surface area (Å²) in [7, 11) is 3.16. The topological polar surface area (TPSA) is 66.4 Å². The average molecular weight is 425 g/mol. The molecule has 0 N–H and O–H groups in total. The fourth-order valence-corrected chi connectivity index (χ4v) is 3.64. The number of esters is 1. The molecule has 3 aromatic carbocycles. The summed E-state index contributed by atoms with van der Waals surface area (Å²) < 4.78 is 22.4. The minimum atomic E-state index is -0.501. The van der Waals surface area contributed by atoms with Gasteiger partial charge in [0.1, 0.15) is 11.5 Å². The number of hydrogen-bond acceptors (Lipinski definition) is 6. The van der Waals surface area contributed by atoms with Crippen LogP contribution in [0, 0.1) is 0 Å². The molecule has 5 rings (SSSR count). The van der Waals surface area contributed by atoms with Crippen molar-refractivity contribution in [2.45, 2.75) is 0 Å². The lowest BCUT2D eigenvalue weighted by Crippen LogP contribution is -2.08. The van der Waals surface area contributed by atoms with E-state index in [1.54, 1.807) is 26.4 Å². The van der Waals surface area contributed by atoms with Crippen molar-refractivity contribution in [2.24, 2.45) is 4.99 Å². The van der Waals surface area contributed by atoms with Crippen LogP contribution in [0.3, 0.4) is 0 Å². The molecule has 2 heterocycles. The van der Waals surface area contributed by atoms with Gasteiger partial charge in [0.05, 0.1) is 14.2 Å². The molecule has 32 heavy (non-hydrogen) atoms. The van der Waals surface area contributed by atoms with Crippen molar-refractivity contribution in [1.82, 2.24) is 0 Å². The molecule has 0 amide bonds. The van der Waals surface area contributed by atoms with Gasteiger partial charge in [0.25, 0.3) is 0 Å². The molecule has 0 saturated carbocycles. The van der Waals surface area contributed by atoms with Crippen LogP contribution in [0.5, 0.6) is 17.2 Å². The number of cyclic esters (lactones) is 1. The van der Waals surface area contributed by atoms with Crippen LogP contribution in [-0.4, -0.2) is 26.1 Å². The molecule has 0 unspecified atom stereocenters. The SMILES string of the molecule is COc1ccc(C2=CC(=C3N=C(c4ccccc4)OC3=O)c3ccccc3O2)cc1OC. The maximum Gasteiger partial charge on any atom is 0.364 e. The predicted molar refractivity (Wildman–Crippen MR) is 121 cm³/mol. The quantitative estimate of drug-likeness (QED) is 0.442. The third-order valence-corrected chi connectivity index (χ3v) is 5.21. The van der Waals surface area contributed by atoms with Gasteiger partial charge in [-0.05, 0) is 42.5 Å². The van der Waals surface area contributed by atoms with Crippen LogP contribution < -0.4 is 14.2 Å². The number of rotatable bonds is 4. The first-order valence-electron chi connectivity index (χ1n) is 10.00. The molecular formula is C26H19NO5. The van der Waals surface area contributed by atoms with Crippen molar-refractivity contribution in [1.29, 1.82) is 0 Å². The maximum absolute atomic E-state index is 12.8. The highest BCUT2D eigenvalue weighted by Crippen LogP contribution is 2.41. The second-order valence-corrected chi connectivity index (χ2v) is 7.11. The number of fused-ring (bicyclic) bond motifs is 1. The Morgan fingerprint density at radius 1 is 0.781 bits per heavy atom. The standard InChI is InChI=1S/C26H19NO5/c1-29-21-13-12-17(14-23(21)30-2)22-15-19(18-10-6-7-11-20(18)31-22)24-26(28)32-25(27-24)16-8-4-3-5-9-16/h3-15H,1-2H3. The highest BCUT2D eigenvalue weighted by molar-refractivity contribution is 6.15. The van der Waals surface area contributed by atoms with Gasteiger partial charge in [-0.1, -0.05) is 36.4 Å². The van der Waals surface area contributed by atoms with Crippen LogP contribution in [0.15, 0.2) is 89.6 Å². The fourth-order valence-electron chi connectivity index (χ4n) is 3.64. The lowest BCUT2D eigenvalue weighted by Gasteiger charge is -2.21. The molecule has 0 fully saturated rings. The number of aliphatic imine (C=N–C) groups is 1. The Labute approximate surface area is 185 Å². The molecule has 0 bridgehead atoms. The van der Waals surface area contributed by atoms with Gasteiger partial charge in [-0.2, -0.15) is 0 Å². The monoisotopic (exact) mass is 425 g/mol. The van der Waals surface area contributed by atoms with E-state index >= 15 is 0 Å². The van der Waals surface area contributed by atoms with E-state index in [1.807, 2.05) is 66.7 Å². The molecule has 0 spiro atoms. The van der Waals surface area contributed by atoms with Crippen molar-refractivity contribution in [3.05, 3.63) is 101 Å². The Bertz CT molecular complexity index is 1300. The van der Waals surface area contributed by atoms with Gasteiger partial charge in [-0.25, -0.2) is 9.79 Å². The molecule has 6 heteroatoms. The first kappa shape index (κ1) is 19.6. The molecule has 0 aromatic heterocycles. The predicted octanol–water partition coefficient (Wildman–Crippen LogP) is 4.85. The van der Waals surface area contributed by atoms with E-state index < -0.39 is 5.97 Å². The van der Waals surface area contributed by atoms with Crippen LogP contribution in [0.2, 0.25) is 0 Å². The van der Waals surface area contributed by atoms with E-state index in [0.717, 1.165) is 16.7 Å². The fraction of sp³-hybridized carbons (Fsp3) is 0.0769. The van der Waals surface area contributed by atoms with Crippen molar-refractivity contribution in [3.63, 3.8) is 0 Å². The lowest BCUT2D eigenvalue weighted by molar-refractivity contribution is -0.129. The van der Waals surface area contributed by atoms with Gasteiger partial charge < -0.3 is 18.9 Å². The number of carbonyl (C=O) groups is 1. The number of carbonyl (C=O) groups excluding carboxylic acids is 1. The van der Waals surface area contributed by atoms with Crippen LogP contribution >= 0.6 is 0 Å². The molecule has 3 aromatic rings. The second kappa shape index (κ2) is 8.07. The second-order valence-electron chi connectivity index (χ2n) is 7.11. The first-order valence-corrected chi connectivity index (χ1v) is 10.00. The number of methoxy groups -OCH3 is 2. The number of benzene rings is 3. The number of ether oxygens (including phenoxy) is 4. The van der Waals surface area contributed by atoms with Crippen molar-refractivity contribution < 1.29 is 23.7 Å². The van der Waals surface area contributed by atoms with Gasteiger partial charge in [-0.3, -0.25) is 0 Å². The van der Waals surface area contributed by atoms with Gasteiger partial charge in [0.15, 0.2) is 17.2 Å². The zero-order chi connectivity index (χ0) is 22.1. The Hall–Kier alpha value is -4.32. The summed E-state index contributed by atoms with van der Waals surface area (Å²) in [6.45, 7) is 0. The third kappa shape index (κ3) is 3.41. The summed E-state index contributed by atoms with van der Waals surface area (Å²) in [5.74, 6) is 2.15. The average Bonchev–Trinajstić information content (AvgIpc) is 3.24. The van der Waals surface area contributed by atoms with E-state index in [9.17, 15) is 4.79 Å². The molecule has 6 nitrogen and oxygen atoms in total. The van der Waals surface area contributed by atoms with Crippen LogP contribution in [0.25, 0.3) is 11.3 Å². The lowest BCUT2D eigenvalue weighted by atomic mass is 9.97. The third-order valence-electron chi connectivity index (χ3n) is 5.21. The minimum Gasteiger partial charge on any atom is -0.493 e. The van der Waals surface area contributed by atoms with Gasteiger partial charge in [-0.15, -0.1) is 0 Å². The highest BCUT2D eigenvalue weighted by Gasteiger charge is 2.30. The molecule has 2 aliphatic heterocycles. The molecule has 0 atom stereocenters. The Morgan fingerprint density at radius 2 is 1.53 bits per heavy atom. The Kier molecular flexibility index (Phi) is 4.95. The van der Waals surface area contributed by atoms with Crippen LogP contribution in [0.4, 0.5) is 0 Å². The first-order chi connectivity index (χ1) is 15.7. The molecule has 158 valence electrons. The van der Waals surface area contributed by atoms with Gasteiger partial charge in [0, 0.05) is 22.3 Å². The van der Waals surface area contributed by atoms with E-state index in [1.165, 1.54) is 0 Å². The highest BCUT2D eigenvalue weighted by atomic mass is 16.6. The Balaban J connectivity index is 1.66. The zero-order valence-corrected chi connectivity index (χ0v) is 17.5. The summed E-state index contributed by atoms with van der Waals surface area (Å²) in [6, 6.07) is 22.4. The van der Waals surface area contributed by atoms with Gasteiger partial charge in [0.2, 0.25) is 5.90 Å². The molecule has 0 radical (unpaired) electrons. The maximum atomic E-state index is 12.8. The van der Waals surface area contributed by atoms with Crippen molar-refractivity contribution >= 4 is 23.2 Å². The smallest absolute Gasteiger partial charge is 0.364 e. The summed E-state index contributed by atoms with van der Waals surface area (Å²) in [4.78, 5) is 17.3. The van der Waals surface area contributed by atoms with E-state index in [0.29, 0.717) is 28.6 Å².